The minimum absolute atomic E-state index is 0.426. The van der Waals surface area contributed by atoms with Crippen molar-refractivity contribution in [3.8, 4) is 11.5 Å². The summed E-state index contributed by atoms with van der Waals surface area (Å²) in [5, 5.41) is 0. The van der Waals surface area contributed by atoms with E-state index in [0.29, 0.717) is 5.92 Å². The molecule has 0 saturated carbocycles. The Morgan fingerprint density at radius 3 is 2.38 bits per heavy atom. The molecule has 0 amide bonds. The average molecular weight is 305 g/mol. The van der Waals surface area contributed by atoms with Crippen LogP contribution in [0.25, 0.3) is 0 Å². The number of methoxy groups -OCH3 is 2. The molecule has 1 atom stereocenters. The van der Waals surface area contributed by atoms with Gasteiger partial charge in [-0.25, -0.2) is 0 Å². The van der Waals surface area contributed by atoms with E-state index in [0.717, 1.165) is 28.1 Å². The van der Waals surface area contributed by atoms with Crippen LogP contribution in [-0.2, 0) is 0 Å². The Hall–Kier alpha value is -0.350. The number of hydrogen-bond acceptors (Lipinski definition) is 3. The van der Waals surface area contributed by atoms with Gasteiger partial charge in [0.05, 0.1) is 18.7 Å². The van der Waals surface area contributed by atoms with Gasteiger partial charge in [-0.05, 0) is 45.7 Å². The predicted octanol–water partition coefficient (Wildman–Crippen LogP) is 3.89. The van der Waals surface area contributed by atoms with Crippen molar-refractivity contribution in [3.63, 3.8) is 0 Å². The van der Waals surface area contributed by atoms with Gasteiger partial charge in [0.1, 0.15) is 11.5 Å². The van der Waals surface area contributed by atoms with Crippen molar-refractivity contribution in [1.82, 2.24) is 0 Å². The molecule has 0 aromatic heterocycles. The summed E-state index contributed by atoms with van der Waals surface area (Å²) in [6.07, 6.45) is 1.03. The van der Waals surface area contributed by atoms with Crippen molar-refractivity contribution >= 4 is 28.6 Å². The monoisotopic (exact) mass is 304 g/mol. The van der Waals surface area contributed by atoms with Gasteiger partial charge in [-0.1, -0.05) is 6.92 Å². The van der Waals surface area contributed by atoms with Crippen molar-refractivity contribution in [2.24, 2.45) is 0 Å². The molecule has 2 nitrogen and oxygen atoms in total. The smallest absolute Gasteiger partial charge is 0.136 e. The number of rotatable bonds is 5. The highest BCUT2D eigenvalue weighted by Crippen LogP contribution is 2.37. The molecule has 0 saturated heterocycles. The van der Waals surface area contributed by atoms with Gasteiger partial charge in [0.15, 0.2) is 0 Å². The topological polar surface area (TPSA) is 18.5 Å². The van der Waals surface area contributed by atoms with Gasteiger partial charge in [0.2, 0.25) is 0 Å². The van der Waals surface area contributed by atoms with Gasteiger partial charge in [0.25, 0.3) is 0 Å². The Balaban J connectivity index is 3.12. The number of benzene rings is 1. The minimum Gasteiger partial charge on any atom is -0.496 e. The molecule has 1 aromatic carbocycles. The molecule has 0 aliphatic carbocycles. The van der Waals surface area contributed by atoms with E-state index in [1.54, 1.807) is 14.2 Å². The molecule has 1 aromatic rings. The third-order valence-electron chi connectivity index (χ3n) is 2.60. The second kappa shape index (κ2) is 6.40. The van der Waals surface area contributed by atoms with Gasteiger partial charge in [-0.2, -0.15) is 12.6 Å². The Bertz CT molecular complexity index is 355. The largest absolute Gasteiger partial charge is 0.496 e. The van der Waals surface area contributed by atoms with Crippen molar-refractivity contribution < 1.29 is 9.47 Å². The fourth-order valence-electron chi connectivity index (χ4n) is 1.62. The van der Waals surface area contributed by atoms with Crippen LogP contribution < -0.4 is 9.47 Å². The Labute approximate surface area is 111 Å². The van der Waals surface area contributed by atoms with Crippen LogP contribution in [0, 0.1) is 0 Å². The van der Waals surface area contributed by atoms with E-state index in [1.807, 2.05) is 6.07 Å². The number of thiol groups is 1. The minimum atomic E-state index is 0.426. The van der Waals surface area contributed by atoms with Crippen LogP contribution in [0.4, 0.5) is 0 Å². The van der Waals surface area contributed by atoms with Crippen LogP contribution in [0.2, 0.25) is 0 Å². The maximum Gasteiger partial charge on any atom is 0.136 e. The molecule has 0 N–H and O–H groups in total. The van der Waals surface area contributed by atoms with Crippen LogP contribution in [0.3, 0.4) is 0 Å². The third-order valence-corrected chi connectivity index (χ3v) is 3.48. The standard InChI is InChI=1S/C12H17BrO2S/c1-8(4-5-16)9-6-10(13)12(15-3)7-11(9)14-2/h6-8,16H,4-5H2,1-3H3. The molecule has 1 unspecified atom stereocenters. The fourth-order valence-corrected chi connectivity index (χ4v) is 2.53. The fraction of sp³-hybridized carbons (Fsp3) is 0.500. The molecule has 0 aliphatic heterocycles. The predicted molar refractivity (Wildman–Crippen MR) is 74.1 cm³/mol. The summed E-state index contributed by atoms with van der Waals surface area (Å²) in [6.45, 7) is 2.17. The summed E-state index contributed by atoms with van der Waals surface area (Å²) in [6, 6.07) is 3.97. The van der Waals surface area contributed by atoms with E-state index >= 15 is 0 Å². The lowest BCUT2D eigenvalue weighted by Crippen LogP contribution is -2.00. The Kier molecular flexibility index (Phi) is 5.49. The second-order valence-electron chi connectivity index (χ2n) is 3.64. The first-order valence-corrected chi connectivity index (χ1v) is 6.58. The number of ether oxygens (including phenoxy) is 2. The highest BCUT2D eigenvalue weighted by molar-refractivity contribution is 9.10. The van der Waals surface area contributed by atoms with E-state index in [4.69, 9.17) is 9.47 Å². The molecule has 0 heterocycles. The quantitative estimate of drug-likeness (QED) is 0.832. The van der Waals surface area contributed by atoms with Crippen molar-refractivity contribution in [3.05, 3.63) is 22.2 Å². The van der Waals surface area contributed by atoms with E-state index < -0.39 is 0 Å². The molecule has 90 valence electrons. The maximum absolute atomic E-state index is 5.38. The number of hydrogen-bond donors (Lipinski definition) is 1. The van der Waals surface area contributed by atoms with Crippen LogP contribution in [0.15, 0.2) is 16.6 Å². The third kappa shape index (κ3) is 3.08. The van der Waals surface area contributed by atoms with E-state index in [2.05, 4.69) is 41.5 Å². The molecule has 0 bridgehead atoms. The Morgan fingerprint density at radius 2 is 1.88 bits per heavy atom. The first-order chi connectivity index (χ1) is 7.63. The van der Waals surface area contributed by atoms with Gasteiger partial charge in [-0.3, -0.25) is 0 Å². The van der Waals surface area contributed by atoms with Crippen LogP contribution >= 0.6 is 28.6 Å². The summed E-state index contributed by atoms with van der Waals surface area (Å²) in [4.78, 5) is 0. The molecular formula is C12H17BrO2S. The molecule has 0 spiro atoms. The highest BCUT2D eigenvalue weighted by Gasteiger charge is 2.14. The summed E-state index contributed by atoms with van der Waals surface area (Å²) in [7, 11) is 3.33. The van der Waals surface area contributed by atoms with E-state index in [-0.39, 0.29) is 0 Å². The van der Waals surface area contributed by atoms with Gasteiger partial charge < -0.3 is 9.47 Å². The van der Waals surface area contributed by atoms with Crippen molar-refractivity contribution in [1.29, 1.82) is 0 Å². The lowest BCUT2D eigenvalue weighted by molar-refractivity contribution is 0.387. The van der Waals surface area contributed by atoms with Crippen molar-refractivity contribution in [2.75, 3.05) is 20.0 Å². The van der Waals surface area contributed by atoms with Gasteiger partial charge >= 0.3 is 0 Å². The van der Waals surface area contributed by atoms with Crippen molar-refractivity contribution in [2.45, 2.75) is 19.3 Å². The molecular weight excluding hydrogens is 288 g/mol. The zero-order chi connectivity index (χ0) is 12.1. The SMILES string of the molecule is COc1cc(OC)c(C(C)CCS)cc1Br. The first-order valence-electron chi connectivity index (χ1n) is 5.16. The van der Waals surface area contributed by atoms with Crippen LogP contribution in [0.5, 0.6) is 11.5 Å². The number of halogens is 1. The van der Waals surface area contributed by atoms with Crippen LogP contribution in [-0.4, -0.2) is 20.0 Å². The first kappa shape index (κ1) is 13.7. The van der Waals surface area contributed by atoms with Gasteiger partial charge in [-0.15, -0.1) is 0 Å². The molecule has 0 aliphatic rings. The summed E-state index contributed by atoms with van der Waals surface area (Å²) < 4.78 is 11.6. The second-order valence-corrected chi connectivity index (χ2v) is 4.94. The molecule has 16 heavy (non-hydrogen) atoms. The molecule has 0 radical (unpaired) electrons. The lowest BCUT2D eigenvalue weighted by atomic mass is 9.97. The molecule has 0 fully saturated rings. The maximum atomic E-state index is 5.38. The normalized spacial score (nSPS) is 12.3. The Morgan fingerprint density at radius 1 is 1.25 bits per heavy atom. The van der Waals surface area contributed by atoms with E-state index in [9.17, 15) is 0 Å². The average Bonchev–Trinajstić information content (AvgIpc) is 2.29. The van der Waals surface area contributed by atoms with Gasteiger partial charge in [0, 0.05) is 6.07 Å². The zero-order valence-corrected chi connectivity index (χ0v) is 12.3. The van der Waals surface area contributed by atoms with E-state index in [1.165, 1.54) is 5.56 Å². The summed E-state index contributed by atoms with van der Waals surface area (Å²) in [5.74, 6) is 2.95. The zero-order valence-electron chi connectivity index (χ0n) is 9.79. The summed E-state index contributed by atoms with van der Waals surface area (Å²) in [5.41, 5.74) is 1.18. The lowest BCUT2D eigenvalue weighted by Gasteiger charge is -2.17. The van der Waals surface area contributed by atoms with Crippen LogP contribution in [0.1, 0.15) is 24.8 Å². The summed E-state index contributed by atoms with van der Waals surface area (Å²) >= 11 is 7.75. The highest BCUT2D eigenvalue weighted by atomic mass is 79.9. The molecule has 4 heteroatoms. The molecule has 1 rings (SSSR count).